The van der Waals surface area contributed by atoms with Gasteiger partial charge in [-0.3, -0.25) is 4.79 Å². The first-order chi connectivity index (χ1) is 10.7. The van der Waals surface area contributed by atoms with Gasteiger partial charge in [0.25, 0.3) is 5.56 Å². The Morgan fingerprint density at radius 3 is 2.86 bits per heavy atom. The number of para-hydroxylation sites is 1. The molecule has 112 valence electrons. The Morgan fingerprint density at radius 1 is 1.23 bits per heavy atom. The molecular weight excluding hydrogens is 280 g/mol. The number of pyridine rings is 1. The van der Waals surface area contributed by atoms with Crippen LogP contribution in [-0.2, 0) is 11.3 Å². The SMILES string of the molecule is CCOC(=O)c1cccn1Cc1cc2ccccc2[nH]c1=O. The Morgan fingerprint density at radius 2 is 2.05 bits per heavy atom. The summed E-state index contributed by atoms with van der Waals surface area (Å²) >= 11 is 0. The molecule has 0 amide bonds. The second-order valence-electron chi connectivity index (χ2n) is 4.95. The number of H-pyrrole nitrogens is 1. The van der Waals surface area contributed by atoms with Crippen molar-refractivity contribution in [3.05, 3.63) is 70.3 Å². The van der Waals surface area contributed by atoms with Crippen LogP contribution in [0.15, 0.2) is 53.5 Å². The van der Waals surface area contributed by atoms with Crippen molar-refractivity contribution in [2.24, 2.45) is 0 Å². The van der Waals surface area contributed by atoms with Crippen LogP contribution < -0.4 is 5.56 Å². The van der Waals surface area contributed by atoms with Crippen LogP contribution in [-0.4, -0.2) is 22.1 Å². The van der Waals surface area contributed by atoms with Crippen molar-refractivity contribution < 1.29 is 9.53 Å². The first-order valence-electron chi connectivity index (χ1n) is 7.12. The minimum Gasteiger partial charge on any atom is -0.461 e. The lowest BCUT2D eigenvalue weighted by Gasteiger charge is -2.09. The molecule has 5 nitrogen and oxygen atoms in total. The zero-order chi connectivity index (χ0) is 15.5. The number of nitrogens with one attached hydrogen (secondary N) is 1. The van der Waals surface area contributed by atoms with E-state index in [9.17, 15) is 9.59 Å². The molecule has 3 aromatic rings. The third kappa shape index (κ3) is 2.65. The number of fused-ring (bicyclic) bond motifs is 1. The molecule has 3 rings (SSSR count). The molecule has 0 bridgehead atoms. The van der Waals surface area contributed by atoms with Gasteiger partial charge in [0, 0.05) is 17.3 Å². The number of nitrogens with zero attached hydrogens (tertiary/aromatic N) is 1. The molecule has 0 saturated carbocycles. The van der Waals surface area contributed by atoms with Crippen molar-refractivity contribution in [2.75, 3.05) is 6.61 Å². The maximum absolute atomic E-state index is 12.2. The molecule has 0 aliphatic carbocycles. The second-order valence-corrected chi connectivity index (χ2v) is 4.95. The van der Waals surface area contributed by atoms with Crippen molar-refractivity contribution in [2.45, 2.75) is 13.5 Å². The average molecular weight is 296 g/mol. The van der Waals surface area contributed by atoms with Crippen molar-refractivity contribution in [1.82, 2.24) is 9.55 Å². The van der Waals surface area contributed by atoms with E-state index < -0.39 is 0 Å². The smallest absolute Gasteiger partial charge is 0.354 e. The van der Waals surface area contributed by atoms with Gasteiger partial charge in [-0.2, -0.15) is 0 Å². The Kier molecular flexibility index (Phi) is 3.78. The molecule has 1 aromatic carbocycles. The highest BCUT2D eigenvalue weighted by Gasteiger charge is 2.13. The molecule has 22 heavy (non-hydrogen) atoms. The number of carbonyl (C=O) groups is 1. The Balaban J connectivity index is 1.97. The number of hydrogen-bond donors (Lipinski definition) is 1. The molecule has 2 aromatic heterocycles. The van der Waals surface area contributed by atoms with Crippen molar-refractivity contribution >= 4 is 16.9 Å². The molecule has 0 aliphatic heterocycles. The molecular formula is C17H16N2O3. The Labute approximate surface area is 127 Å². The maximum atomic E-state index is 12.2. The van der Waals surface area contributed by atoms with Gasteiger partial charge in [0.05, 0.1) is 13.2 Å². The van der Waals surface area contributed by atoms with Crippen LogP contribution in [0.5, 0.6) is 0 Å². The van der Waals surface area contributed by atoms with Gasteiger partial charge >= 0.3 is 5.97 Å². The molecule has 1 N–H and O–H groups in total. The number of rotatable bonds is 4. The van der Waals surface area contributed by atoms with Crippen LogP contribution in [0.3, 0.4) is 0 Å². The normalized spacial score (nSPS) is 10.8. The van der Waals surface area contributed by atoms with Crippen LogP contribution in [0.4, 0.5) is 0 Å². The monoisotopic (exact) mass is 296 g/mol. The van der Waals surface area contributed by atoms with E-state index in [1.807, 2.05) is 30.3 Å². The molecule has 5 heteroatoms. The number of ether oxygens (including phenoxy) is 1. The molecule has 0 unspecified atom stereocenters. The summed E-state index contributed by atoms with van der Waals surface area (Å²) in [6.07, 6.45) is 1.76. The van der Waals surface area contributed by atoms with E-state index in [-0.39, 0.29) is 11.5 Å². The molecule has 0 spiro atoms. The topological polar surface area (TPSA) is 64.1 Å². The fraction of sp³-hybridized carbons (Fsp3) is 0.176. The maximum Gasteiger partial charge on any atom is 0.354 e. The zero-order valence-corrected chi connectivity index (χ0v) is 12.2. The number of aromatic amines is 1. The summed E-state index contributed by atoms with van der Waals surface area (Å²) in [5, 5.41) is 0.960. The third-order valence-corrected chi connectivity index (χ3v) is 3.49. The van der Waals surface area contributed by atoms with Gasteiger partial charge in [0.1, 0.15) is 5.69 Å². The summed E-state index contributed by atoms with van der Waals surface area (Å²) < 4.78 is 6.74. The highest BCUT2D eigenvalue weighted by molar-refractivity contribution is 5.87. The number of carbonyl (C=O) groups excluding carboxylic acids is 1. The number of aromatic nitrogens is 2. The quantitative estimate of drug-likeness (QED) is 0.753. The summed E-state index contributed by atoms with van der Waals surface area (Å²) in [5.41, 5.74) is 1.69. The second kappa shape index (κ2) is 5.89. The lowest BCUT2D eigenvalue weighted by Crippen LogP contribution is -2.18. The van der Waals surface area contributed by atoms with Crippen molar-refractivity contribution in [3.63, 3.8) is 0 Å². The van der Waals surface area contributed by atoms with Gasteiger partial charge in [-0.05, 0) is 36.6 Å². The number of hydrogen-bond acceptors (Lipinski definition) is 3. The fourth-order valence-corrected chi connectivity index (χ4v) is 2.44. The largest absolute Gasteiger partial charge is 0.461 e. The first kappa shape index (κ1) is 14.1. The Bertz CT molecular complexity index is 877. The number of benzene rings is 1. The molecule has 0 saturated heterocycles. The van der Waals surface area contributed by atoms with Gasteiger partial charge < -0.3 is 14.3 Å². The average Bonchev–Trinajstić information content (AvgIpc) is 2.96. The van der Waals surface area contributed by atoms with Gasteiger partial charge in [0.15, 0.2) is 0 Å². The van der Waals surface area contributed by atoms with Gasteiger partial charge in [0.2, 0.25) is 0 Å². The fourth-order valence-electron chi connectivity index (χ4n) is 2.44. The van der Waals surface area contributed by atoms with Crippen LogP contribution in [0, 0.1) is 0 Å². The van der Waals surface area contributed by atoms with Gasteiger partial charge in [-0.25, -0.2) is 4.79 Å². The Hall–Kier alpha value is -2.82. The predicted molar refractivity (Wildman–Crippen MR) is 84.1 cm³/mol. The van der Waals surface area contributed by atoms with Crippen LogP contribution >= 0.6 is 0 Å². The molecule has 2 heterocycles. The van der Waals surface area contributed by atoms with E-state index in [1.165, 1.54) is 0 Å². The lowest BCUT2D eigenvalue weighted by atomic mass is 10.1. The summed E-state index contributed by atoms with van der Waals surface area (Å²) in [7, 11) is 0. The molecule has 0 radical (unpaired) electrons. The van der Waals surface area contributed by atoms with Crippen LogP contribution in [0.2, 0.25) is 0 Å². The minimum absolute atomic E-state index is 0.151. The van der Waals surface area contributed by atoms with Gasteiger partial charge in [-0.15, -0.1) is 0 Å². The zero-order valence-electron chi connectivity index (χ0n) is 12.2. The van der Waals surface area contributed by atoms with Crippen molar-refractivity contribution in [1.29, 1.82) is 0 Å². The summed E-state index contributed by atoms with van der Waals surface area (Å²) in [4.78, 5) is 26.9. The predicted octanol–water partition coefficient (Wildman–Crippen LogP) is 2.55. The third-order valence-electron chi connectivity index (χ3n) is 3.49. The molecule has 0 atom stereocenters. The summed E-state index contributed by atoms with van der Waals surface area (Å²) in [5.74, 6) is -0.385. The lowest BCUT2D eigenvalue weighted by molar-refractivity contribution is 0.0514. The highest BCUT2D eigenvalue weighted by atomic mass is 16.5. The standard InChI is InChI=1S/C17H16N2O3/c1-2-22-17(21)15-8-5-9-19(15)11-13-10-12-6-3-4-7-14(12)18-16(13)20/h3-10H,2,11H2,1H3,(H,18,20). The van der Waals surface area contributed by atoms with Gasteiger partial charge in [-0.1, -0.05) is 18.2 Å². The van der Waals surface area contributed by atoms with E-state index in [4.69, 9.17) is 4.74 Å². The van der Waals surface area contributed by atoms with E-state index >= 15 is 0 Å². The highest BCUT2D eigenvalue weighted by Crippen LogP contribution is 2.12. The van der Waals surface area contributed by atoms with Crippen molar-refractivity contribution in [3.8, 4) is 0 Å². The van der Waals surface area contributed by atoms with E-state index in [2.05, 4.69) is 4.98 Å². The molecule has 0 fully saturated rings. The molecule has 0 aliphatic rings. The first-order valence-corrected chi connectivity index (χ1v) is 7.12. The van der Waals surface area contributed by atoms with Crippen LogP contribution in [0.1, 0.15) is 23.0 Å². The summed E-state index contributed by atoms with van der Waals surface area (Å²) in [6, 6.07) is 12.9. The van der Waals surface area contributed by atoms with E-state index in [0.717, 1.165) is 10.9 Å². The number of esters is 1. The van der Waals surface area contributed by atoms with Crippen LogP contribution in [0.25, 0.3) is 10.9 Å². The van der Waals surface area contributed by atoms with E-state index in [1.54, 1.807) is 29.8 Å². The van der Waals surface area contributed by atoms with E-state index in [0.29, 0.717) is 24.4 Å². The minimum atomic E-state index is -0.385. The summed E-state index contributed by atoms with van der Waals surface area (Å²) in [6.45, 7) is 2.40.